The lowest BCUT2D eigenvalue weighted by atomic mass is 9.89. The van der Waals surface area contributed by atoms with Crippen LogP contribution >= 0.6 is 23.2 Å². The number of hydrazone groups is 1. The Bertz CT molecular complexity index is 1540. The molecule has 8 heteroatoms. The van der Waals surface area contributed by atoms with E-state index in [1.807, 2.05) is 67.6 Å². The molecule has 0 radical (unpaired) electrons. The predicted octanol–water partition coefficient (Wildman–Crippen LogP) is 5.72. The number of rotatable bonds is 6. The summed E-state index contributed by atoms with van der Waals surface area (Å²) >= 11 is 12.5. The van der Waals surface area contributed by atoms with Gasteiger partial charge in [0.2, 0.25) is 5.91 Å². The minimum Gasteiger partial charge on any atom is -0.550 e. The molecule has 1 aliphatic heterocycles. The summed E-state index contributed by atoms with van der Waals surface area (Å²) in [5.74, 6) is -1.67. The van der Waals surface area contributed by atoms with E-state index in [1.54, 1.807) is 12.1 Å². The summed E-state index contributed by atoms with van der Waals surface area (Å²) in [4.78, 5) is 29.0. The van der Waals surface area contributed by atoms with Crippen LogP contribution in [0.4, 0.5) is 0 Å². The lowest BCUT2D eigenvalue weighted by Crippen LogP contribution is -2.29. The molecule has 186 valence electrons. The largest absolute Gasteiger partial charge is 0.550 e. The molecule has 1 amide bonds. The van der Waals surface area contributed by atoms with Gasteiger partial charge in [-0.05, 0) is 54.8 Å². The number of aromatic nitrogens is 1. The number of hydrogen-bond donors (Lipinski definition) is 0. The molecule has 3 aromatic carbocycles. The Morgan fingerprint density at radius 3 is 2.35 bits per heavy atom. The van der Waals surface area contributed by atoms with Crippen molar-refractivity contribution in [1.82, 2.24) is 9.99 Å². The van der Waals surface area contributed by atoms with E-state index in [2.05, 4.69) is 0 Å². The van der Waals surface area contributed by atoms with E-state index in [9.17, 15) is 14.7 Å². The van der Waals surface area contributed by atoms with Gasteiger partial charge >= 0.3 is 0 Å². The number of benzene rings is 3. The monoisotopic (exact) mass is 530 g/mol. The van der Waals surface area contributed by atoms with E-state index < -0.39 is 17.9 Å². The fourth-order valence-electron chi connectivity index (χ4n) is 4.78. The van der Waals surface area contributed by atoms with Crippen molar-refractivity contribution in [3.63, 3.8) is 0 Å². The van der Waals surface area contributed by atoms with Crippen molar-refractivity contribution in [3.8, 4) is 11.1 Å². The minimum absolute atomic E-state index is 0.209. The molecule has 4 aromatic rings. The predicted molar refractivity (Wildman–Crippen MR) is 143 cm³/mol. The van der Waals surface area contributed by atoms with E-state index in [-0.39, 0.29) is 12.8 Å². The van der Waals surface area contributed by atoms with Crippen LogP contribution in [0.2, 0.25) is 10.0 Å². The molecule has 1 aliphatic rings. The average Bonchev–Trinajstić information content (AvgIpc) is 3.32. The number of carbonyl (C=O) groups excluding carboxylic acids is 2. The normalized spacial score (nSPS) is 15.2. The van der Waals surface area contributed by atoms with Gasteiger partial charge in [0.05, 0.1) is 17.3 Å². The van der Waals surface area contributed by atoms with Crippen molar-refractivity contribution < 1.29 is 14.7 Å². The van der Waals surface area contributed by atoms with Crippen LogP contribution in [0.1, 0.15) is 42.1 Å². The molecule has 0 spiro atoms. The third kappa shape index (κ3) is 5.08. The zero-order valence-electron chi connectivity index (χ0n) is 19.9. The molecule has 0 fully saturated rings. The molecule has 6 nitrogen and oxygen atoms in total. The molecule has 1 aromatic heterocycles. The summed E-state index contributed by atoms with van der Waals surface area (Å²) in [5.41, 5.74) is 5.85. The van der Waals surface area contributed by atoms with Crippen LogP contribution in [0.3, 0.4) is 0 Å². The molecule has 5 rings (SSSR count). The third-order valence-corrected chi connectivity index (χ3v) is 6.93. The molecular weight excluding hydrogens is 509 g/mol. The van der Waals surface area contributed by atoms with Crippen molar-refractivity contribution in [1.29, 1.82) is 0 Å². The molecule has 0 bridgehead atoms. The van der Waals surface area contributed by atoms with Crippen molar-refractivity contribution in [3.05, 3.63) is 99.7 Å². The van der Waals surface area contributed by atoms with Crippen LogP contribution in [0.5, 0.6) is 0 Å². The van der Waals surface area contributed by atoms with Crippen LogP contribution in [-0.4, -0.2) is 27.6 Å². The van der Waals surface area contributed by atoms with Gasteiger partial charge in [-0.2, -0.15) is 5.10 Å². The number of carboxylic acid groups (broad SMARTS) is 1. The quantitative estimate of drug-likeness (QED) is 0.318. The maximum absolute atomic E-state index is 13.1. The van der Waals surface area contributed by atoms with E-state index >= 15 is 0 Å². The van der Waals surface area contributed by atoms with Crippen molar-refractivity contribution in [2.45, 2.75) is 32.2 Å². The standard InChI is InChI=1S/C29H23Cl2N3O3/c1-17-28(29(19-5-3-2-4-6-19)22-15-21(31)11-12-23(22)32-17)24-16-25(18-7-9-20(30)10-8-18)34(33-24)26(35)13-14-27(36)37/h2-12,15,25H,13-14,16H2,1H3,(H,36,37)/p-1/t25-/m0/s1. The number of nitrogens with zero attached hydrogens (tertiary/aromatic N) is 3. The molecule has 0 saturated heterocycles. The van der Waals surface area contributed by atoms with Gasteiger partial charge < -0.3 is 9.90 Å². The van der Waals surface area contributed by atoms with E-state index in [0.717, 1.165) is 38.9 Å². The number of aryl methyl sites for hydroxylation is 1. The second-order valence-electron chi connectivity index (χ2n) is 8.90. The summed E-state index contributed by atoms with van der Waals surface area (Å²) in [7, 11) is 0. The number of halogens is 2. The Morgan fingerprint density at radius 2 is 1.65 bits per heavy atom. The molecule has 2 heterocycles. The number of aliphatic carboxylic acids is 1. The van der Waals surface area contributed by atoms with E-state index in [1.165, 1.54) is 5.01 Å². The van der Waals surface area contributed by atoms with Gasteiger partial charge in [-0.25, -0.2) is 5.01 Å². The number of amides is 1. The maximum atomic E-state index is 13.1. The molecule has 37 heavy (non-hydrogen) atoms. The Morgan fingerprint density at radius 1 is 0.946 bits per heavy atom. The first-order valence-corrected chi connectivity index (χ1v) is 12.6. The van der Waals surface area contributed by atoms with Crippen LogP contribution in [0, 0.1) is 6.92 Å². The average molecular weight is 531 g/mol. The van der Waals surface area contributed by atoms with Crippen LogP contribution in [0.25, 0.3) is 22.0 Å². The van der Waals surface area contributed by atoms with E-state index in [0.29, 0.717) is 22.2 Å². The Balaban J connectivity index is 1.69. The van der Waals surface area contributed by atoms with Crippen molar-refractivity contribution >= 4 is 51.7 Å². The lowest BCUT2D eigenvalue weighted by molar-refractivity contribution is -0.305. The zero-order chi connectivity index (χ0) is 26.1. The van der Waals surface area contributed by atoms with Gasteiger partial charge in [0.1, 0.15) is 0 Å². The molecule has 0 aliphatic carbocycles. The Kier molecular flexibility index (Phi) is 6.96. The Labute approximate surface area is 224 Å². The van der Waals surface area contributed by atoms with Gasteiger partial charge in [-0.3, -0.25) is 9.78 Å². The second kappa shape index (κ2) is 10.3. The zero-order valence-corrected chi connectivity index (χ0v) is 21.5. The molecule has 0 N–H and O–H groups in total. The van der Waals surface area contributed by atoms with Gasteiger partial charge in [-0.15, -0.1) is 0 Å². The van der Waals surface area contributed by atoms with Gasteiger partial charge in [0.25, 0.3) is 0 Å². The molecule has 0 unspecified atom stereocenters. The minimum atomic E-state index is -1.28. The highest BCUT2D eigenvalue weighted by Crippen LogP contribution is 2.40. The molecule has 0 saturated carbocycles. The van der Waals surface area contributed by atoms with Crippen molar-refractivity contribution in [2.24, 2.45) is 5.10 Å². The first-order valence-electron chi connectivity index (χ1n) is 11.8. The van der Waals surface area contributed by atoms with Crippen LogP contribution < -0.4 is 5.11 Å². The highest BCUT2D eigenvalue weighted by molar-refractivity contribution is 6.31. The highest BCUT2D eigenvalue weighted by Gasteiger charge is 2.35. The summed E-state index contributed by atoms with van der Waals surface area (Å²) < 4.78 is 0. The topological polar surface area (TPSA) is 85.7 Å². The number of hydrogen-bond acceptors (Lipinski definition) is 5. The Hall–Kier alpha value is -3.74. The van der Waals surface area contributed by atoms with Gasteiger partial charge in [-0.1, -0.05) is 65.7 Å². The molecule has 1 atom stereocenters. The number of pyridine rings is 1. The van der Waals surface area contributed by atoms with Gasteiger partial charge in [0, 0.05) is 51.1 Å². The lowest BCUT2D eigenvalue weighted by Gasteiger charge is -2.22. The summed E-state index contributed by atoms with van der Waals surface area (Å²) in [6.07, 6.45) is -0.162. The van der Waals surface area contributed by atoms with Crippen molar-refractivity contribution in [2.75, 3.05) is 0 Å². The summed E-state index contributed by atoms with van der Waals surface area (Å²) in [6, 6.07) is 22.3. The molecular formula is C29H22Cl2N3O3-. The fraction of sp³-hybridized carbons (Fsp3) is 0.172. The summed E-state index contributed by atoms with van der Waals surface area (Å²) in [6.45, 7) is 1.93. The number of fused-ring (bicyclic) bond motifs is 1. The fourth-order valence-corrected chi connectivity index (χ4v) is 5.07. The van der Waals surface area contributed by atoms with Crippen LogP contribution in [0.15, 0.2) is 77.9 Å². The summed E-state index contributed by atoms with van der Waals surface area (Å²) in [5, 5.41) is 19.3. The maximum Gasteiger partial charge on any atom is 0.243 e. The number of carboxylic acids is 1. The second-order valence-corrected chi connectivity index (χ2v) is 9.78. The first kappa shape index (κ1) is 24.9. The number of carbonyl (C=O) groups is 2. The smallest absolute Gasteiger partial charge is 0.243 e. The highest BCUT2D eigenvalue weighted by atomic mass is 35.5. The SMILES string of the molecule is Cc1nc2ccc(Cl)cc2c(-c2ccccc2)c1C1=NN(C(=O)CCC(=O)[O-])[C@H](c2ccc(Cl)cc2)C1. The third-order valence-electron chi connectivity index (χ3n) is 6.44. The van der Waals surface area contributed by atoms with E-state index in [4.69, 9.17) is 33.3 Å². The van der Waals surface area contributed by atoms with Crippen LogP contribution in [-0.2, 0) is 9.59 Å². The first-order chi connectivity index (χ1) is 17.8. The van der Waals surface area contributed by atoms with Gasteiger partial charge in [0.15, 0.2) is 0 Å².